The van der Waals surface area contributed by atoms with Crippen LogP contribution in [0, 0.1) is 11.8 Å². The molecule has 0 aromatic heterocycles. The summed E-state index contributed by atoms with van der Waals surface area (Å²) in [6.07, 6.45) is 0.678. The van der Waals surface area contributed by atoms with Crippen molar-refractivity contribution in [2.24, 2.45) is 11.8 Å². The molecule has 2 aromatic rings. The summed E-state index contributed by atoms with van der Waals surface area (Å²) in [5.74, 6) is -1.54. The van der Waals surface area contributed by atoms with E-state index in [2.05, 4.69) is 16.0 Å². The molecule has 0 radical (unpaired) electrons. The first-order valence-corrected chi connectivity index (χ1v) is 10.5. The molecule has 0 unspecified atom stereocenters. The normalized spacial score (nSPS) is 14.0. The fraction of sp³-hybridized carbons (Fsp3) is 0.417. The standard InChI is InChI=1S/C24H31N3O4/c1-14(2)20(13-28)26-22(29)16(5)25-24(31)21(15(3)4)27-23(30)19-11-10-17-8-6-7-9-18(17)12-19/h6-16,20-21H,1-5H3,(H,25,31)(H,26,29)(H,27,30)/t16-,20+,21-/m0/s1. The Labute approximate surface area is 183 Å². The summed E-state index contributed by atoms with van der Waals surface area (Å²) in [6, 6.07) is 10.8. The average molecular weight is 426 g/mol. The van der Waals surface area contributed by atoms with Gasteiger partial charge in [0.05, 0.1) is 6.04 Å². The molecule has 2 aromatic carbocycles. The van der Waals surface area contributed by atoms with Crippen LogP contribution in [0.5, 0.6) is 0 Å². The molecule has 166 valence electrons. The van der Waals surface area contributed by atoms with E-state index >= 15 is 0 Å². The van der Waals surface area contributed by atoms with Crippen molar-refractivity contribution in [3.8, 4) is 0 Å². The van der Waals surface area contributed by atoms with E-state index in [4.69, 9.17) is 0 Å². The highest BCUT2D eigenvalue weighted by Crippen LogP contribution is 2.16. The molecule has 0 saturated heterocycles. The first-order chi connectivity index (χ1) is 14.6. The number of amides is 3. The van der Waals surface area contributed by atoms with Gasteiger partial charge in [0.1, 0.15) is 18.4 Å². The average Bonchev–Trinajstić information content (AvgIpc) is 2.74. The predicted octanol–water partition coefficient (Wildman–Crippen LogP) is 2.44. The molecule has 0 aliphatic heterocycles. The Morgan fingerprint density at radius 1 is 0.774 bits per heavy atom. The van der Waals surface area contributed by atoms with Gasteiger partial charge in [0.15, 0.2) is 0 Å². The SMILES string of the molecule is CC(C)[C@H](NC(=O)c1ccc2ccccc2c1)C(=O)N[C@@H](C)C(=O)N[C@H](C=O)C(C)C. The fourth-order valence-corrected chi connectivity index (χ4v) is 3.11. The number of hydrogen-bond donors (Lipinski definition) is 3. The number of aldehydes is 1. The van der Waals surface area contributed by atoms with Crippen molar-refractivity contribution >= 4 is 34.8 Å². The fourth-order valence-electron chi connectivity index (χ4n) is 3.11. The van der Waals surface area contributed by atoms with Gasteiger partial charge in [-0.3, -0.25) is 14.4 Å². The van der Waals surface area contributed by atoms with Gasteiger partial charge in [-0.05, 0) is 41.7 Å². The second-order valence-electron chi connectivity index (χ2n) is 8.40. The zero-order valence-corrected chi connectivity index (χ0v) is 18.6. The number of fused-ring (bicyclic) bond motifs is 1. The van der Waals surface area contributed by atoms with Crippen LogP contribution in [0.25, 0.3) is 10.8 Å². The predicted molar refractivity (Wildman–Crippen MR) is 120 cm³/mol. The number of carbonyl (C=O) groups is 4. The number of hydrogen-bond acceptors (Lipinski definition) is 4. The lowest BCUT2D eigenvalue weighted by Crippen LogP contribution is -2.55. The van der Waals surface area contributed by atoms with E-state index in [1.807, 2.05) is 58.0 Å². The quantitative estimate of drug-likeness (QED) is 0.537. The van der Waals surface area contributed by atoms with E-state index in [0.29, 0.717) is 11.8 Å². The molecule has 3 amide bonds. The Morgan fingerprint density at radius 3 is 2.00 bits per heavy atom. The first-order valence-electron chi connectivity index (χ1n) is 10.5. The highest BCUT2D eigenvalue weighted by Gasteiger charge is 2.28. The maximum absolute atomic E-state index is 12.8. The summed E-state index contributed by atoms with van der Waals surface area (Å²) in [4.78, 5) is 49.0. The molecule has 0 heterocycles. The van der Waals surface area contributed by atoms with Gasteiger partial charge < -0.3 is 20.7 Å². The zero-order chi connectivity index (χ0) is 23.1. The number of nitrogens with one attached hydrogen (secondary N) is 3. The Hall–Kier alpha value is -3.22. The molecular weight excluding hydrogens is 394 g/mol. The molecule has 31 heavy (non-hydrogen) atoms. The Morgan fingerprint density at radius 2 is 1.42 bits per heavy atom. The highest BCUT2D eigenvalue weighted by atomic mass is 16.2. The highest BCUT2D eigenvalue weighted by molar-refractivity contribution is 6.01. The molecule has 0 spiro atoms. The van der Waals surface area contributed by atoms with Crippen molar-refractivity contribution in [2.75, 3.05) is 0 Å². The van der Waals surface area contributed by atoms with Crippen LogP contribution in [-0.4, -0.2) is 42.1 Å². The van der Waals surface area contributed by atoms with Gasteiger partial charge in [-0.2, -0.15) is 0 Å². The van der Waals surface area contributed by atoms with Gasteiger partial charge in [0, 0.05) is 5.56 Å². The van der Waals surface area contributed by atoms with Crippen LogP contribution in [-0.2, 0) is 14.4 Å². The molecule has 0 aliphatic carbocycles. The van der Waals surface area contributed by atoms with Crippen molar-refractivity contribution in [3.63, 3.8) is 0 Å². The van der Waals surface area contributed by atoms with Gasteiger partial charge in [-0.1, -0.05) is 58.0 Å². The van der Waals surface area contributed by atoms with Crippen LogP contribution in [0.4, 0.5) is 0 Å². The van der Waals surface area contributed by atoms with Gasteiger partial charge in [-0.15, -0.1) is 0 Å². The third-order valence-corrected chi connectivity index (χ3v) is 5.17. The molecule has 0 saturated carbocycles. The summed E-state index contributed by atoms with van der Waals surface area (Å²) in [5, 5.41) is 9.97. The monoisotopic (exact) mass is 425 g/mol. The minimum Gasteiger partial charge on any atom is -0.345 e. The Kier molecular flexibility index (Phi) is 8.30. The number of benzene rings is 2. The largest absolute Gasteiger partial charge is 0.345 e. The molecule has 2 rings (SSSR count). The smallest absolute Gasteiger partial charge is 0.251 e. The third kappa shape index (κ3) is 6.38. The van der Waals surface area contributed by atoms with Crippen molar-refractivity contribution in [2.45, 2.75) is 52.7 Å². The minimum absolute atomic E-state index is 0.0611. The van der Waals surface area contributed by atoms with Crippen LogP contribution in [0.3, 0.4) is 0 Å². The molecule has 3 N–H and O–H groups in total. The summed E-state index contributed by atoms with van der Waals surface area (Å²) in [6.45, 7) is 8.81. The maximum Gasteiger partial charge on any atom is 0.251 e. The van der Waals surface area contributed by atoms with Crippen LogP contribution < -0.4 is 16.0 Å². The van der Waals surface area contributed by atoms with E-state index in [9.17, 15) is 19.2 Å². The molecule has 0 aliphatic rings. The minimum atomic E-state index is -0.854. The van der Waals surface area contributed by atoms with E-state index in [1.54, 1.807) is 12.1 Å². The molecule has 3 atom stereocenters. The lowest BCUT2D eigenvalue weighted by Gasteiger charge is -2.25. The summed E-state index contributed by atoms with van der Waals surface area (Å²) >= 11 is 0. The molecule has 7 heteroatoms. The first kappa shape index (κ1) is 24.1. The third-order valence-electron chi connectivity index (χ3n) is 5.17. The topological polar surface area (TPSA) is 104 Å². The second-order valence-corrected chi connectivity index (χ2v) is 8.40. The van der Waals surface area contributed by atoms with Crippen molar-refractivity contribution in [1.29, 1.82) is 0 Å². The summed E-state index contributed by atoms with van der Waals surface area (Å²) in [5.41, 5.74) is 0.452. The van der Waals surface area contributed by atoms with Crippen molar-refractivity contribution in [3.05, 3.63) is 48.0 Å². The molecular formula is C24H31N3O4. The molecule has 0 fully saturated rings. The van der Waals surface area contributed by atoms with Crippen LogP contribution in [0.1, 0.15) is 45.0 Å². The van der Waals surface area contributed by atoms with Crippen LogP contribution >= 0.6 is 0 Å². The summed E-state index contributed by atoms with van der Waals surface area (Å²) in [7, 11) is 0. The van der Waals surface area contributed by atoms with Gasteiger partial charge in [0.2, 0.25) is 11.8 Å². The van der Waals surface area contributed by atoms with E-state index in [-0.39, 0.29) is 17.7 Å². The number of rotatable bonds is 9. The van der Waals surface area contributed by atoms with Crippen LogP contribution in [0.2, 0.25) is 0 Å². The zero-order valence-electron chi connectivity index (χ0n) is 18.6. The molecule has 7 nitrogen and oxygen atoms in total. The van der Waals surface area contributed by atoms with E-state index < -0.39 is 29.9 Å². The van der Waals surface area contributed by atoms with E-state index in [0.717, 1.165) is 10.8 Å². The molecule has 0 bridgehead atoms. The summed E-state index contributed by atoms with van der Waals surface area (Å²) < 4.78 is 0. The van der Waals surface area contributed by atoms with Gasteiger partial charge in [-0.25, -0.2) is 0 Å². The van der Waals surface area contributed by atoms with Crippen molar-refractivity contribution < 1.29 is 19.2 Å². The van der Waals surface area contributed by atoms with Crippen molar-refractivity contribution in [1.82, 2.24) is 16.0 Å². The second kappa shape index (κ2) is 10.7. The Bertz CT molecular complexity index is 955. The van der Waals surface area contributed by atoms with Crippen LogP contribution in [0.15, 0.2) is 42.5 Å². The van der Waals surface area contributed by atoms with Gasteiger partial charge in [0.25, 0.3) is 5.91 Å². The lowest BCUT2D eigenvalue weighted by molar-refractivity contribution is -0.131. The lowest BCUT2D eigenvalue weighted by atomic mass is 10.0. The van der Waals surface area contributed by atoms with Gasteiger partial charge >= 0.3 is 0 Å². The number of carbonyl (C=O) groups excluding carboxylic acids is 4. The Balaban J connectivity index is 2.06. The maximum atomic E-state index is 12.8. The van der Waals surface area contributed by atoms with E-state index in [1.165, 1.54) is 6.92 Å².